The minimum atomic E-state index is -3.49. The van der Waals surface area contributed by atoms with Gasteiger partial charge in [0.15, 0.2) is 0 Å². The van der Waals surface area contributed by atoms with Gasteiger partial charge in [0.05, 0.1) is 0 Å². The predicted octanol–water partition coefficient (Wildman–Crippen LogP) is 0.392. The third kappa shape index (κ3) is 1.24. The standard InChI is InChI=1S/H2O6S/c1-7(2)5-3-4-6-7/h1-2H. The van der Waals surface area contributed by atoms with Crippen molar-refractivity contribution in [3.8, 4) is 0 Å². The zero-order valence-electron chi connectivity index (χ0n) is 2.94. The van der Waals surface area contributed by atoms with E-state index in [9.17, 15) is 0 Å². The number of rotatable bonds is 0. The van der Waals surface area contributed by atoms with Crippen molar-refractivity contribution >= 4 is 11.2 Å². The van der Waals surface area contributed by atoms with Gasteiger partial charge < -0.3 is 0 Å². The Hall–Kier alpha value is 0.110. The summed E-state index contributed by atoms with van der Waals surface area (Å²) in [4.78, 5) is 0. The van der Waals surface area contributed by atoms with Gasteiger partial charge in [0, 0.05) is 0 Å². The van der Waals surface area contributed by atoms with Crippen molar-refractivity contribution in [2.45, 2.75) is 0 Å². The second-order valence-electron chi connectivity index (χ2n) is 0.720. The average molecular weight is 130 g/mol. The summed E-state index contributed by atoms with van der Waals surface area (Å²) in [5.41, 5.74) is 0. The molecule has 0 atom stereocenters. The first-order valence-corrected chi connectivity index (χ1v) is 2.60. The summed E-state index contributed by atoms with van der Waals surface area (Å²) in [6, 6.07) is 0. The minimum absolute atomic E-state index is 3.47. The van der Waals surface area contributed by atoms with Crippen molar-refractivity contribution in [1.29, 1.82) is 0 Å². The van der Waals surface area contributed by atoms with Crippen molar-refractivity contribution in [3.05, 3.63) is 0 Å². The quantitative estimate of drug-likeness (QED) is 0.462. The molecule has 0 saturated carbocycles. The van der Waals surface area contributed by atoms with Gasteiger partial charge in [0.1, 0.15) is 0 Å². The smallest absolute Gasteiger partial charge is 0.281 e. The molecule has 7 heavy (non-hydrogen) atoms. The second-order valence-corrected chi connectivity index (χ2v) is 1.89. The van der Waals surface area contributed by atoms with E-state index in [1.54, 1.807) is 0 Å². The summed E-state index contributed by atoms with van der Waals surface area (Å²) < 4.78 is 23.5. The molecule has 0 aromatic heterocycles. The van der Waals surface area contributed by atoms with E-state index in [0.29, 0.717) is 0 Å². The molecule has 0 bridgehead atoms. The maximum absolute atomic E-state index is 8.14. The molecule has 1 saturated heterocycles. The van der Waals surface area contributed by atoms with Crippen molar-refractivity contribution in [1.82, 2.24) is 0 Å². The van der Waals surface area contributed by atoms with E-state index >= 15 is 0 Å². The van der Waals surface area contributed by atoms with Crippen LogP contribution in [-0.4, -0.2) is 9.11 Å². The second kappa shape index (κ2) is 1.56. The zero-order valence-corrected chi connectivity index (χ0v) is 3.75. The molecule has 1 aliphatic heterocycles. The Morgan fingerprint density at radius 1 is 1.00 bits per heavy atom. The molecule has 0 amide bonds. The normalized spacial score (nSPS) is 32.9. The lowest BCUT2D eigenvalue weighted by molar-refractivity contribution is -0.532. The minimum Gasteiger partial charge on any atom is -0.283 e. The first kappa shape index (κ1) is 5.25. The van der Waals surface area contributed by atoms with Crippen LogP contribution in [0.4, 0.5) is 0 Å². The van der Waals surface area contributed by atoms with E-state index in [0.717, 1.165) is 0 Å². The van der Waals surface area contributed by atoms with E-state index in [1.807, 2.05) is 0 Å². The molecule has 1 fully saturated rings. The summed E-state index contributed by atoms with van der Waals surface area (Å²) >= 11 is -3.49. The first-order valence-electron chi connectivity index (χ1n) is 1.20. The molecule has 1 heterocycles. The van der Waals surface area contributed by atoms with Crippen molar-refractivity contribution in [3.63, 3.8) is 0 Å². The highest BCUT2D eigenvalue weighted by Crippen LogP contribution is 2.45. The SMILES string of the molecule is OS1(O)OOOO1. The molecule has 2 N–H and O–H groups in total. The van der Waals surface area contributed by atoms with Crippen LogP contribution in [0, 0.1) is 0 Å². The molecular formula is H2O6S. The molecule has 1 rings (SSSR count). The average Bonchev–Trinajstić information content (AvgIpc) is 1.84. The molecule has 0 radical (unpaired) electrons. The van der Waals surface area contributed by atoms with Crippen LogP contribution in [0.5, 0.6) is 0 Å². The van der Waals surface area contributed by atoms with Gasteiger partial charge in [0.25, 0.3) is 11.2 Å². The van der Waals surface area contributed by atoms with Crippen LogP contribution in [0.15, 0.2) is 0 Å². The highest BCUT2D eigenvalue weighted by Gasteiger charge is 2.30. The van der Waals surface area contributed by atoms with Gasteiger partial charge in [0.2, 0.25) is 0 Å². The van der Waals surface area contributed by atoms with Crippen LogP contribution in [0.2, 0.25) is 0 Å². The van der Waals surface area contributed by atoms with E-state index in [2.05, 4.69) is 18.7 Å². The Bertz CT molecular complexity index is 58.6. The molecule has 0 aliphatic carbocycles. The predicted molar refractivity (Wildman–Crippen MR) is 17.2 cm³/mol. The Kier molecular flexibility index (Phi) is 1.17. The molecule has 6 nitrogen and oxygen atoms in total. The number of hydrogen-bond acceptors (Lipinski definition) is 6. The molecule has 0 aromatic rings. The fourth-order valence-corrected chi connectivity index (χ4v) is 0.319. The van der Waals surface area contributed by atoms with Crippen LogP contribution in [0.1, 0.15) is 0 Å². The van der Waals surface area contributed by atoms with Gasteiger partial charge in [-0.25, -0.2) is 0 Å². The maximum atomic E-state index is 8.14. The first-order chi connectivity index (χ1) is 3.21. The van der Waals surface area contributed by atoms with Crippen molar-refractivity contribution < 1.29 is 27.8 Å². The summed E-state index contributed by atoms with van der Waals surface area (Å²) in [6.45, 7) is 0. The Labute approximate surface area is 40.1 Å². The van der Waals surface area contributed by atoms with Crippen molar-refractivity contribution in [2.24, 2.45) is 0 Å². The van der Waals surface area contributed by atoms with Crippen LogP contribution in [0.25, 0.3) is 0 Å². The van der Waals surface area contributed by atoms with Gasteiger partial charge in [-0.1, -0.05) is 8.67 Å². The summed E-state index contributed by atoms with van der Waals surface area (Å²) in [7, 11) is 0. The lowest BCUT2D eigenvalue weighted by Gasteiger charge is -2.05. The Morgan fingerprint density at radius 3 is 1.57 bits per heavy atom. The van der Waals surface area contributed by atoms with E-state index in [1.165, 1.54) is 0 Å². The van der Waals surface area contributed by atoms with Crippen LogP contribution in [-0.2, 0) is 18.7 Å². The third-order valence-electron chi connectivity index (χ3n) is 0.261. The van der Waals surface area contributed by atoms with Gasteiger partial charge in [-0.3, -0.25) is 9.11 Å². The van der Waals surface area contributed by atoms with Crippen LogP contribution >= 0.6 is 11.2 Å². The largest absolute Gasteiger partial charge is 0.283 e. The highest BCUT2D eigenvalue weighted by molar-refractivity contribution is 8.15. The fraction of sp³-hybridized carbons (Fsp3) is 0. The molecule has 1 aliphatic rings. The molecular weight excluding hydrogens is 128 g/mol. The summed E-state index contributed by atoms with van der Waals surface area (Å²) in [5, 5.41) is 6.95. The third-order valence-corrected chi connectivity index (χ3v) is 0.726. The fourth-order valence-electron chi connectivity index (χ4n) is 0.106. The zero-order chi connectivity index (χ0) is 5.33. The number of hydrogen-bond donors (Lipinski definition) is 2. The molecule has 0 spiro atoms. The monoisotopic (exact) mass is 130 g/mol. The maximum Gasteiger partial charge on any atom is 0.281 e. The van der Waals surface area contributed by atoms with Gasteiger partial charge in [-0.15, -0.1) is 0 Å². The van der Waals surface area contributed by atoms with Gasteiger partial charge >= 0.3 is 0 Å². The van der Waals surface area contributed by atoms with E-state index in [4.69, 9.17) is 9.11 Å². The summed E-state index contributed by atoms with van der Waals surface area (Å²) in [5.74, 6) is 0. The van der Waals surface area contributed by atoms with E-state index < -0.39 is 11.2 Å². The topological polar surface area (TPSA) is 77.4 Å². The van der Waals surface area contributed by atoms with E-state index in [-0.39, 0.29) is 0 Å². The van der Waals surface area contributed by atoms with Gasteiger partial charge in [-0.05, 0) is 10.1 Å². The summed E-state index contributed by atoms with van der Waals surface area (Å²) in [6.07, 6.45) is 0. The lowest BCUT2D eigenvalue weighted by atomic mass is 14.4. The molecule has 7 heteroatoms. The Balaban J connectivity index is 2.40. The van der Waals surface area contributed by atoms with Crippen LogP contribution < -0.4 is 0 Å². The lowest BCUT2D eigenvalue weighted by Crippen LogP contribution is -1.92. The Morgan fingerprint density at radius 2 is 1.43 bits per heavy atom. The molecule has 0 unspecified atom stereocenters. The highest BCUT2D eigenvalue weighted by atomic mass is 32.3. The van der Waals surface area contributed by atoms with Crippen LogP contribution in [0.3, 0.4) is 0 Å². The molecule has 44 valence electrons. The van der Waals surface area contributed by atoms with Gasteiger partial charge in [-0.2, -0.15) is 0 Å². The molecule has 0 aromatic carbocycles. The van der Waals surface area contributed by atoms with Crippen molar-refractivity contribution in [2.75, 3.05) is 0 Å².